The quantitative estimate of drug-likeness (QED) is 0.444. The number of allylic oxidation sites excluding steroid dienone is 1. The number of nitrogens with one attached hydrogen (secondary N) is 3. The maximum Gasteiger partial charge on any atom is 0.248 e. The summed E-state index contributed by atoms with van der Waals surface area (Å²) < 4.78 is 18.7. The van der Waals surface area contributed by atoms with Gasteiger partial charge in [-0.05, 0) is 49.4 Å². The van der Waals surface area contributed by atoms with E-state index in [2.05, 4.69) is 25.9 Å². The lowest BCUT2D eigenvalue weighted by Gasteiger charge is -2.13. The number of anilines is 5. The second-order valence-corrected chi connectivity index (χ2v) is 6.48. The third kappa shape index (κ3) is 5.45. The molecule has 0 aliphatic heterocycles. The molecule has 3 N–H and O–H groups in total. The van der Waals surface area contributed by atoms with Gasteiger partial charge in [0.05, 0.1) is 17.8 Å². The Kier molecular flexibility index (Phi) is 6.82. The number of hydrogen-bond donors (Lipinski definition) is 3. The summed E-state index contributed by atoms with van der Waals surface area (Å²) in [5.74, 6) is 0.793. The molecule has 0 fully saturated rings. The van der Waals surface area contributed by atoms with Crippen molar-refractivity contribution in [1.29, 1.82) is 0 Å². The summed E-state index contributed by atoms with van der Waals surface area (Å²) in [6.45, 7) is 1.77. The molecule has 0 unspecified atom stereocenters. The minimum absolute atomic E-state index is 0.00826. The van der Waals surface area contributed by atoms with E-state index in [0.29, 0.717) is 34.4 Å². The van der Waals surface area contributed by atoms with Crippen LogP contribution in [0.1, 0.15) is 6.92 Å². The Morgan fingerprint density at radius 1 is 1.07 bits per heavy atom. The standard InChI is InChI=1S/C21H19ClFN5O2/c1-3-4-21(29)27-14-6-8-18(30-2)17(10-14)28-20-11-19(24-12-25-20)26-13-5-7-16(23)15(22)9-13/h3-12H,1-2H3,(H,27,29)(H2,24,25,26,28). The van der Waals surface area contributed by atoms with E-state index in [0.717, 1.165) is 0 Å². The number of amides is 1. The zero-order valence-corrected chi connectivity index (χ0v) is 17.0. The highest BCUT2D eigenvalue weighted by Crippen LogP contribution is 2.31. The topological polar surface area (TPSA) is 88.2 Å². The molecule has 30 heavy (non-hydrogen) atoms. The third-order valence-corrected chi connectivity index (χ3v) is 4.20. The van der Waals surface area contributed by atoms with Crippen LogP contribution in [0.25, 0.3) is 0 Å². The molecule has 154 valence electrons. The van der Waals surface area contributed by atoms with Gasteiger partial charge in [-0.1, -0.05) is 17.7 Å². The van der Waals surface area contributed by atoms with Gasteiger partial charge in [0.25, 0.3) is 0 Å². The Labute approximate surface area is 178 Å². The van der Waals surface area contributed by atoms with Crippen LogP contribution in [0.4, 0.5) is 33.1 Å². The van der Waals surface area contributed by atoms with Gasteiger partial charge < -0.3 is 20.7 Å². The Morgan fingerprint density at radius 3 is 2.50 bits per heavy atom. The van der Waals surface area contributed by atoms with Gasteiger partial charge in [-0.2, -0.15) is 0 Å². The lowest BCUT2D eigenvalue weighted by Crippen LogP contribution is -2.08. The molecule has 1 amide bonds. The highest BCUT2D eigenvalue weighted by molar-refractivity contribution is 6.31. The SMILES string of the molecule is CC=CC(=O)Nc1ccc(OC)c(Nc2cc(Nc3ccc(F)c(Cl)c3)ncn2)c1. The Morgan fingerprint density at radius 2 is 1.80 bits per heavy atom. The predicted molar refractivity (Wildman–Crippen MR) is 116 cm³/mol. The fraction of sp³-hybridized carbons (Fsp3) is 0.0952. The molecule has 1 heterocycles. The van der Waals surface area contributed by atoms with Crippen LogP contribution in [0.3, 0.4) is 0 Å². The van der Waals surface area contributed by atoms with E-state index in [1.165, 1.54) is 24.5 Å². The lowest BCUT2D eigenvalue weighted by atomic mass is 10.2. The molecule has 2 aromatic carbocycles. The van der Waals surface area contributed by atoms with Crippen molar-refractivity contribution in [3.8, 4) is 5.75 Å². The molecule has 0 spiro atoms. The van der Waals surface area contributed by atoms with Crippen molar-refractivity contribution in [2.45, 2.75) is 6.92 Å². The summed E-state index contributed by atoms with van der Waals surface area (Å²) >= 11 is 5.81. The first-order valence-electron chi connectivity index (χ1n) is 8.91. The zero-order valence-electron chi connectivity index (χ0n) is 16.2. The number of carbonyl (C=O) groups is 1. The number of halogens is 2. The molecule has 3 aromatic rings. The van der Waals surface area contributed by atoms with Crippen LogP contribution in [0.15, 0.2) is 60.9 Å². The minimum atomic E-state index is -0.499. The first-order valence-corrected chi connectivity index (χ1v) is 9.29. The number of carbonyl (C=O) groups excluding carboxylic acids is 1. The average molecular weight is 428 g/mol. The number of ether oxygens (including phenoxy) is 1. The van der Waals surface area contributed by atoms with Crippen molar-refractivity contribution in [2.75, 3.05) is 23.1 Å². The van der Waals surface area contributed by atoms with E-state index < -0.39 is 5.82 Å². The zero-order chi connectivity index (χ0) is 21.5. The first-order chi connectivity index (χ1) is 14.5. The number of rotatable bonds is 7. The monoisotopic (exact) mass is 427 g/mol. The van der Waals surface area contributed by atoms with Gasteiger partial charge in [-0.25, -0.2) is 14.4 Å². The van der Waals surface area contributed by atoms with Gasteiger partial charge in [0.1, 0.15) is 29.5 Å². The van der Waals surface area contributed by atoms with Crippen molar-refractivity contribution in [1.82, 2.24) is 9.97 Å². The van der Waals surface area contributed by atoms with Gasteiger partial charge in [0.15, 0.2) is 0 Å². The van der Waals surface area contributed by atoms with Gasteiger partial charge in [0.2, 0.25) is 5.91 Å². The minimum Gasteiger partial charge on any atom is -0.495 e. The highest BCUT2D eigenvalue weighted by Gasteiger charge is 2.09. The number of hydrogen-bond acceptors (Lipinski definition) is 6. The average Bonchev–Trinajstić information content (AvgIpc) is 2.71. The van der Waals surface area contributed by atoms with Crippen molar-refractivity contribution < 1.29 is 13.9 Å². The van der Waals surface area contributed by atoms with E-state index >= 15 is 0 Å². The number of benzene rings is 2. The molecule has 0 aliphatic carbocycles. The van der Waals surface area contributed by atoms with Crippen LogP contribution in [0.2, 0.25) is 5.02 Å². The molecular weight excluding hydrogens is 409 g/mol. The molecular formula is C21H19ClFN5O2. The molecule has 0 saturated carbocycles. The Hall–Kier alpha value is -3.65. The summed E-state index contributed by atoms with van der Waals surface area (Å²) in [5, 5.41) is 8.96. The summed E-state index contributed by atoms with van der Waals surface area (Å²) in [6.07, 6.45) is 4.46. The summed E-state index contributed by atoms with van der Waals surface area (Å²) in [4.78, 5) is 20.1. The van der Waals surface area contributed by atoms with E-state index in [1.54, 1.807) is 50.4 Å². The molecule has 9 heteroatoms. The molecule has 0 bridgehead atoms. The molecule has 7 nitrogen and oxygen atoms in total. The Balaban J connectivity index is 1.80. The number of aromatic nitrogens is 2. The van der Waals surface area contributed by atoms with Crippen molar-refractivity contribution in [3.63, 3.8) is 0 Å². The van der Waals surface area contributed by atoms with E-state index in [4.69, 9.17) is 16.3 Å². The fourth-order valence-corrected chi connectivity index (χ4v) is 2.75. The molecule has 0 atom stereocenters. The fourth-order valence-electron chi connectivity index (χ4n) is 2.57. The van der Waals surface area contributed by atoms with Gasteiger partial charge in [-0.3, -0.25) is 4.79 Å². The summed E-state index contributed by atoms with van der Waals surface area (Å²) in [5.41, 5.74) is 1.78. The van der Waals surface area contributed by atoms with E-state index in [1.807, 2.05) is 0 Å². The Bertz CT molecular complexity index is 1090. The second kappa shape index (κ2) is 9.71. The predicted octanol–water partition coefficient (Wildman–Crippen LogP) is 5.28. The van der Waals surface area contributed by atoms with Crippen LogP contribution in [0, 0.1) is 5.82 Å². The van der Waals surface area contributed by atoms with Crippen molar-refractivity contribution in [3.05, 3.63) is 71.8 Å². The van der Waals surface area contributed by atoms with Crippen molar-refractivity contribution in [2.24, 2.45) is 0 Å². The van der Waals surface area contributed by atoms with Crippen LogP contribution in [0.5, 0.6) is 5.75 Å². The van der Waals surface area contributed by atoms with Crippen LogP contribution in [-0.2, 0) is 4.79 Å². The van der Waals surface area contributed by atoms with Gasteiger partial charge >= 0.3 is 0 Å². The number of nitrogens with zero attached hydrogens (tertiary/aromatic N) is 2. The highest BCUT2D eigenvalue weighted by atomic mass is 35.5. The lowest BCUT2D eigenvalue weighted by molar-refractivity contribution is -0.111. The maximum absolute atomic E-state index is 13.3. The van der Waals surface area contributed by atoms with Crippen molar-refractivity contribution >= 4 is 46.2 Å². The van der Waals surface area contributed by atoms with Crippen LogP contribution in [-0.4, -0.2) is 23.0 Å². The molecule has 0 aliphatic rings. The summed E-state index contributed by atoms with van der Waals surface area (Å²) in [7, 11) is 1.55. The van der Waals surface area contributed by atoms with Gasteiger partial charge in [0, 0.05) is 17.4 Å². The second-order valence-electron chi connectivity index (χ2n) is 6.07. The van der Waals surface area contributed by atoms with Gasteiger partial charge in [-0.15, -0.1) is 0 Å². The number of methoxy groups -OCH3 is 1. The molecule has 0 saturated heterocycles. The van der Waals surface area contributed by atoms with E-state index in [-0.39, 0.29) is 10.9 Å². The molecule has 0 radical (unpaired) electrons. The largest absolute Gasteiger partial charge is 0.495 e. The third-order valence-electron chi connectivity index (χ3n) is 3.91. The summed E-state index contributed by atoms with van der Waals surface area (Å²) in [6, 6.07) is 11.1. The maximum atomic E-state index is 13.3. The molecule has 1 aromatic heterocycles. The normalized spacial score (nSPS) is 10.7. The van der Waals surface area contributed by atoms with Crippen LogP contribution >= 0.6 is 11.6 Å². The van der Waals surface area contributed by atoms with E-state index in [9.17, 15) is 9.18 Å². The smallest absolute Gasteiger partial charge is 0.248 e. The van der Waals surface area contributed by atoms with Crippen LogP contribution < -0.4 is 20.7 Å². The molecule has 3 rings (SSSR count). The first kappa shape index (κ1) is 21.1.